The summed E-state index contributed by atoms with van der Waals surface area (Å²) in [7, 11) is 2.13. The van der Waals surface area contributed by atoms with E-state index in [1.54, 1.807) is 0 Å². The summed E-state index contributed by atoms with van der Waals surface area (Å²) in [4.78, 5) is 2.68. The molecule has 0 aromatic heterocycles. The molecular weight excluding hydrogens is 248 g/mol. The predicted molar refractivity (Wildman–Crippen MR) is 84.8 cm³/mol. The van der Waals surface area contributed by atoms with Crippen LogP contribution in [0.15, 0.2) is 0 Å². The Bertz CT molecular complexity index is 270. The summed E-state index contributed by atoms with van der Waals surface area (Å²) in [6, 6.07) is 0.719. The van der Waals surface area contributed by atoms with Gasteiger partial charge in [0, 0.05) is 25.7 Å². The second kappa shape index (κ2) is 8.35. The molecule has 4 atom stereocenters. The first-order chi connectivity index (χ1) is 9.76. The Morgan fingerprint density at radius 3 is 2.75 bits per heavy atom. The highest BCUT2D eigenvalue weighted by atomic mass is 16.3. The molecule has 0 spiro atoms. The fourth-order valence-electron chi connectivity index (χ4n) is 4.38. The maximum atomic E-state index is 9.14. The van der Waals surface area contributed by atoms with Crippen molar-refractivity contribution in [2.24, 2.45) is 17.8 Å². The van der Waals surface area contributed by atoms with Crippen LogP contribution in [0.1, 0.15) is 51.9 Å². The zero-order valence-electron chi connectivity index (χ0n) is 13.5. The summed E-state index contributed by atoms with van der Waals surface area (Å²) in [6.07, 6.45) is 9.14. The highest BCUT2D eigenvalue weighted by Crippen LogP contribution is 2.32. The van der Waals surface area contributed by atoms with Crippen LogP contribution in [-0.2, 0) is 0 Å². The highest BCUT2D eigenvalue weighted by Gasteiger charge is 2.31. The Labute approximate surface area is 125 Å². The lowest BCUT2D eigenvalue weighted by Crippen LogP contribution is -2.47. The van der Waals surface area contributed by atoms with E-state index in [1.807, 2.05) is 0 Å². The second-order valence-electron chi connectivity index (χ2n) is 7.02. The molecule has 0 amide bonds. The van der Waals surface area contributed by atoms with Crippen LogP contribution in [0.25, 0.3) is 0 Å². The van der Waals surface area contributed by atoms with Crippen LogP contribution >= 0.6 is 0 Å². The van der Waals surface area contributed by atoms with E-state index in [1.165, 1.54) is 58.2 Å². The molecule has 2 fully saturated rings. The molecule has 1 aliphatic carbocycles. The number of hydrogen-bond acceptors (Lipinski definition) is 3. The maximum Gasteiger partial charge on any atom is 0.0434 e. The van der Waals surface area contributed by atoms with Gasteiger partial charge in [0.1, 0.15) is 0 Å². The average Bonchev–Trinajstić information content (AvgIpc) is 2.48. The molecule has 118 valence electrons. The largest absolute Gasteiger partial charge is 0.396 e. The smallest absolute Gasteiger partial charge is 0.0434 e. The van der Waals surface area contributed by atoms with E-state index in [0.717, 1.165) is 30.2 Å². The molecule has 1 saturated carbocycles. The molecule has 0 bridgehead atoms. The van der Waals surface area contributed by atoms with Crippen molar-refractivity contribution in [1.82, 2.24) is 10.2 Å². The number of likely N-dealkylation sites (tertiary alicyclic amines) is 1. The van der Waals surface area contributed by atoms with Crippen molar-refractivity contribution < 1.29 is 5.11 Å². The lowest BCUT2D eigenvalue weighted by atomic mass is 9.76. The van der Waals surface area contributed by atoms with Gasteiger partial charge in [0.25, 0.3) is 0 Å². The number of nitrogens with zero attached hydrogens (tertiary/aromatic N) is 1. The molecule has 0 radical (unpaired) electrons. The van der Waals surface area contributed by atoms with Crippen LogP contribution in [0.2, 0.25) is 0 Å². The van der Waals surface area contributed by atoms with E-state index >= 15 is 0 Å². The molecule has 20 heavy (non-hydrogen) atoms. The lowest BCUT2D eigenvalue weighted by molar-refractivity contribution is 0.0973. The van der Waals surface area contributed by atoms with Crippen molar-refractivity contribution in [3.63, 3.8) is 0 Å². The Morgan fingerprint density at radius 2 is 2.05 bits per heavy atom. The summed E-state index contributed by atoms with van der Waals surface area (Å²) in [5.74, 6) is 2.50. The fraction of sp³-hybridized carbons (Fsp3) is 1.00. The van der Waals surface area contributed by atoms with Crippen LogP contribution < -0.4 is 5.32 Å². The van der Waals surface area contributed by atoms with E-state index in [0.29, 0.717) is 6.61 Å². The number of hydrogen-bond donors (Lipinski definition) is 2. The minimum atomic E-state index is 0.360. The van der Waals surface area contributed by atoms with Crippen molar-refractivity contribution in [3.05, 3.63) is 0 Å². The van der Waals surface area contributed by atoms with Crippen molar-refractivity contribution in [3.8, 4) is 0 Å². The SMILES string of the molecule is CCC1CCC(NC)C(CN2CCCC(CCO)C2)C1. The van der Waals surface area contributed by atoms with Crippen molar-refractivity contribution in [2.45, 2.75) is 57.9 Å². The van der Waals surface area contributed by atoms with Crippen molar-refractivity contribution >= 4 is 0 Å². The zero-order chi connectivity index (χ0) is 14.4. The van der Waals surface area contributed by atoms with Gasteiger partial charge in [-0.3, -0.25) is 0 Å². The lowest BCUT2D eigenvalue weighted by Gasteiger charge is -2.41. The molecule has 0 aromatic rings. The first kappa shape index (κ1) is 16.3. The summed E-state index contributed by atoms with van der Waals surface area (Å²) < 4.78 is 0. The molecule has 2 N–H and O–H groups in total. The van der Waals surface area contributed by atoms with Gasteiger partial charge < -0.3 is 15.3 Å². The number of aliphatic hydroxyl groups is 1. The zero-order valence-corrected chi connectivity index (χ0v) is 13.5. The van der Waals surface area contributed by atoms with Gasteiger partial charge in [0.2, 0.25) is 0 Å². The third-order valence-electron chi connectivity index (χ3n) is 5.67. The van der Waals surface area contributed by atoms with E-state index in [9.17, 15) is 0 Å². The summed E-state index contributed by atoms with van der Waals surface area (Å²) in [6.45, 7) is 6.46. The maximum absolute atomic E-state index is 9.14. The monoisotopic (exact) mass is 282 g/mol. The molecule has 3 nitrogen and oxygen atoms in total. The van der Waals surface area contributed by atoms with Gasteiger partial charge in [-0.15, -0.1) is 0 Å². The summed E-state index contributed by atoms with van der Waals surface area (Å²) >= 11 is 0. The normalized spacial score (nSPS) is 36.1. The van der Waals surface area contributed by atoms with E-state index < -0.39 is 0 Å². The highest BCUT2D eigenvalue weighted by molar-refractivity contribution is 4.87. The molecular formula is C17H34N2O. The minimum Gasteiger partial charge on any atom is -0.396 e. The number of rotatable bonds is 6. The third-order valence-corrected chi connectivity index (χ3v) is 5.67. The van der Waals surface area contributed by atoms with Gasteiger partial charge >= 0.3 is 0 Å². The van der Waals surface area contributed by atoms with Crippen LogP contribution in [0.4, 0.5) is 0 Å². The van der Waals surface area contributed by atoms with Crippen LogP contribution in [0.5, 0.6) is 0 Å². The van der Waals surface area contributed by atoms with E-state index in [-0.39, 0.29) is 0 Å². The molecule has 2 aliphatic rings. The Hall–Kier alpha value is -0.120. The first-order valence-corrected chi connectivity index (χ1v) is 8.77. The van der Waals surface area contributed by atoms with Crippen LogP contribution in [-0.4, -0.2) is 49.3 Å². The Balaban J connectivity index is 1.85. The van der Waals surface area contributed by atoms with Gasteiger partial charge in [-0.05, 0) is 69.9 Å². The summed E-state index contributed by atoms with van der Waals surface area (Å²) in [5.41, 5.74) is 0. The predicted octanol–water partition coefficient (Wildman–Crippen LogP) is 2.50. The quantitative estimate of drug-likeness (QED) is 0.786. The van der Waals surface area contributed by atoms with Crippen molar-refractivity contribution in [1.29, 1.82) is 0 Å². The first-order valence-electron chi connectivity index (χ1n) is 8.77. The molecule has 0 aromatic carbocycles. The van der Waals surface area contributed by atoms with Crippen LogP contribution in [0.3, 0.4) is 0 Å². The molecule has 4 unspecified atom stereocenters. The topological polar surface area (TPSA) is 35.5 Å². The molecule has 1 heterocycles. The van der Waals surface area contributed by atoms with E-state index in [4.69, 9.17) is 5.11 Å². The van der Waals surface area contributed by atoms with Gasteiger partial charge in [-0.2, -0.15) is 0 Å². The number of nitrogens with one attached hydrogen (secondary N) is 1. The average molecular weight is 282 g/mol. The van der Waals surface area contributed by atoms with Crippen LogP contribution in [0, 0.1) is 17.8 Å². The van der Waals surface area contributed by atoms with Gasteiger partial charge in [0.15, 0.2) is 0 Å². The van der Waals surface area contributed by atoms with Gasteiger partial charge in [0.05, 0.1) is 0 Å². The molecule has 1 aliphatic heterocycles. The minimum absolute atomic E-state index is 0.360. The molecule has 3 heteroatoms. The molecule has 1 saturated heterocycles. The number of piperidine rings is 1. The third kappa shape index (κ3) is 4.44. The van der Waals surface area contributed by atoms with E-state index in [2.05, 4.69) is 24.2 Å². The Morgan fingerprint density at radius 1 is 1.20 bits per heavy atom. The Kier molecular flexibility index (Phi) is 6.79. The molecule has 2 rings (SSSR count). The standard InChI is InChI=1S/C17H34N2O/c1-3-14-6-7-17(18-2)16(11-14)13-19-9-4-5-15(12-19)8-10-20/h14-18,20H,3-13H2,1-2H3. The van der Waals surface area contributed by atoms with Gasteiger partial charge in [-0.25, -0.2) is 0 Å². The summed E-state index contributed by atoms with van der Waals surface area (Å²) in [5, 5.41) is 12.7. The second-order valence-corrected chi connectivity index (χ2v) is 7.02. The number of aliphatic hydroxyl groups excluding tert-OH is 1. The van der Waals surface area contributed by atoms with Crippen molar-refractivity contribution in [2.75, 3.05) is 33.3 Å². The fourth-order valence-corrected chi connectivity index (χ4v) is 4.38. The van der Waals surface area contributed by atoms with Gasteiger partial charge in [-0.1, -0.05) is 13.3 Å².